The van der Waals surface area contributed by atoms with E-state index in [1.807, 2.05) is 23.6 Å². The van der Waals surface area contributed by atoms with E-state index in [1.165, 1.54) is 11.3 Å². The van der Waals surface area contributed by atoms with E-state index in [1.54, 1.807) is 14.2 Å². The van der Waals surface area contributed by atoms with E-state index in [-0.39, 0.29) is 17.9 Å². The van der Waals surface area contributed by atoms with Gasteiger partial charge in [-0.3, -0.25) is 4.79 Å². The van der Waals surface area contributed by atoms with Crippen molar-refractivity contribution in [2.75, 3.05) is 19.5 Å². The number of hydrogen-bond donors (Lipinski definition) is 2. The van der Waals surface area contributed by atoms with Crippen molar-refractivity contribution >= 4 is 22.4 Å². The molecule has 0 aliphatic heterocycles. The lowest BCUT2D eigenvalue weighted by molar-refractivity contribution is -0.120. The van der Waals surface area contributed by atoms with Crippen LogP contribution < -0.4 is 20.5 Å². The number of nitrogens with one attached hydrogen (secondary N) is 1. The summed E-state index contributed by atoms with van der Waals surface area (Å²) < 4.78 is 10.6. The second-order valence-corrected chi connectivity index (χ2v) is 7.08. The Bertz CT molecular complexity index is 747. The van der Waals surface area contributed by atoms with Gasteiger partial charge >= 0.3 is 0 Å². The minimum atomic E-state index is -0.0165. The van der Waals surface area contributed by atoms with Crippen molar-refractivity contribution in [3.05, 3.63) is 23.6 Å². The fourth-order valence-corrected chi connectivity index (χ4v) is 3.86. The number of amides is 1. The zero-order valence-corrected chi connectivity index (χ0v) is 15.3. The highest BCUT2D eigenvalue weighted by Crippen LogP contribution is 2.34. The Kier molecular flexibility index (Phi) is 5.55. The average Bonchev–Trinajstić information content (AvgIpc) is 3.09. The first-order valence-corrected chi connectivity index (χ1v) is 9.23. The van der Waals surface area contributed by atoms with Gasteiger partial charge in [0.2, 0.25) is 5.91 Å². The van der Waals surface area contributed by atoms with Crippen LogP contribution in [0.1, 0.15) is 25.7 Å². The number of thiazole rings is 1. The summed E-state index contributed by atoms with van der Waals surface area (Å²) in [7, 11) is 3.20. The number of benzene rings is 1. The highest BCUT2D eigenvalue weighted by Gasteiger charge is 2.26. The Morgan fingerprint density at radius 3 is 2.80 bits per heavy atom. The number of nitrogens with zero attached hydrogens (tertiary/aromatic N) is 1. The lowest BCUT2D eigenvalue weighted by Crippen LogP contribution is -2.34. The van der Waals surface area contributed by atoms with Gasteiger partial charge in [-0.2, -0.15) is 0 Å². The van der Waals surface area contributed by atoms with Crippen LogP contribution in [0.4, 0.5) is 5.13 Å². The zero-order valence-electron chi connectivity index (χ0n) is 14.5. The van der Waals surface area contributed by atoms with Crippen LogP contribution in [0.15, 0.2) is 23.6 Å². The maximum atomic E-state index is 12.4. The van der Waals surface area contributed by atoms with Crippen molar-refractivity contribution in [2.45, 2.75) is 31.7 Å². The Labute approximate surface area is 151 Å². The van der Waals surface area contributed by atoms with Gasteiger partial charge in [0.25, 0.3) is 0 Å². The molecule has 1 aliphatic carbocycles. The molecule has 134 valence electrons. The SMILES string of the molecule is COc1ccc(-c2csc(NC(=O)C3CCCC(N)C3)n2)cc1OC. The zero-order chi connectivity index (χ0) is 17.8. The summed E-state index contributed by atoms with van der Waals surface area (Å²) in [5.41, 5.74) is 7.68. The number of nitrogens with two attached hydrogens (primary N) is 1. The normalized spacial score (nSPS) is 20.1. The largest absolute Gasteiger partial charge is 0.493 e. The van der Waals surface area contributed by atoms with Crippen LogP contribution in [0.5, 0.6) is 11.5 Å². The molecule has 1 fully saturated rings. The summed E-state index contributed by atoms with van der Waals surface area (Å²) in [5.74, 6) is 1.32. The number of methoxy groups -OCH3 is 2. The molecule has 1 saturated carbocycles. The quantitative estimate of drug-likeness (QED) is 0.853. The molecule has 1 aromatic heterocycles. The van der Waals surface area contributed by atoms with Crippen LogP contribution in [0.2, 0.25) is 0 Å². The molecule has 6 nitrogen and oxygen atoms in total. The molecule has 0 bridgehead atoms. The van der Waals surface area contributed by atoms with E-state index in [9.17, 15) is 4.79 Å². The fourth-order valence-electron chi connectivity index (χ4n) is 3.13. The van der Waals surface area contributed by atoms with Crippen LogP contribution in [0, 0.1) is 5.92 Å². The van der Waals surface area contributed by atoms with Gasteiger partial charge in [-0.25, -0.2) is 4.98 Å². The minimum Gasteiger partial charge on any atom is -0.493 e. The predicted molar refractivity (Wildman–Crippen MR) is 99.2 cm³/mol. The fraction of sp³-hybridized carbons (Fsp3) is 0.444. The Hall–Kier alpha value is -2.12. The molecule has 0 spiro atoms. The van der Waals surface area contributed by atoms with Crippen LogP contribution >= 0.6 is 11.3 Å². The van der Waals surface area contributed by atoms with Gasteiger partial charge in [-0.15, -0.1) is 11.3 Å². The Balaban J connectivity index is 1.71. The van der Waals surface area contributed by atoms with Gasteiger partial charge in [0, 0.05) is 22.9 Å². The van der Waals surface area contributed by atoms with E-state index in [0.29, 0.717) is 16.6 Å². The standard InChI is InChI=1S/C18H23N3O3S/c1-23-15-7-6-11(9-16(15)24-2)14-10-25-18(20-14)21-17(22)12-4-3-5-13(19)8-12/h6-7,9-10,12-13H,3-5,8,19H2,1-2H3,(H,20,21,22). The molecule has 2 aromatic rings. The summed E-state index contributed by atoms with van der Waals surface area (Å²) in [4.78, 5) is 16.9. The number of anilines is 1. The highest BCUT2D eigenvalue weighted by molar-refractivity contribution is 7.14. The lowest BCUT2D eigenvalue weighted by atomic mass is 9.86. The molecule has 1 amide bonds. The van der Waals surface area contributed by atoms with Crippen molar-refractivity contribution in [1.29, 1.82) is 0 Å². The van der Waals surface area contributed by atoms with Crippen LogP contribution in [-0.2, 0) is 4.79 Å². The van der Waals surface area contributed by atoms with Gasteiger partial charge in [0.05, 0.1) is 19.9 Å². The summed E-state index contributed by atoms with van der Waals surface area (Å²) in [6.45, 7) is 0. The van der Waals surface area contributed by atoms with Crippen molar-refractivity contribution in [3.8, 4) is 22.8 Å². The number of aromatic nitrogens is 1. The average molecular weight is 361 g/mol. The van der Waals surface area contributed by atoms with Crippen molar-refractivity contribution in [2.24, 2.45) is 11.7 Å². The number of ether oxygens (including phenoxy) is 2. The van der Waals surface area contributed by atoms with Crippen LogP contribution in [-0.4, -0.2) is 31.2 Å². The molecular formula is C18H23N3O3S. The molecule has 0 saturated heterocycles. The van der Waals surface area contributed by atoms with Crippen molar-refractivity contribution in [1.82, 2.24) is 4.98 Å². The number of carbonyl (C=O) groups is 1. The Morgan fingerprint density at radius 2 is 2.08 bits per heavy atom. The third kappa shape index (κ3) is 4.11. The predicted octanol–water partition coefficient (Wildman–Crippen LogP) is 3.28. The van der Waals surface area contributed by atoms with E-state index in [2.05, 4.69) is 10.3 Å². The maximum absolute atomic E-state index is 12.4. The minimum absolute atomic E-state index is 0.0165. The monoisotopic (exact) mass is 361 g/mol. The lowest BCUT2D eigenvalue weighted by Gasteiger charge is -2.25. The molecule has 1 aliphatic rings. The Morgan fingerprint density at radius 1 is 1.28 bits per heavy atom. The smallest absolute Gasteiger partial charge is 0.229 e. The van der Waals surface area contributed by atoms with Gasteiger partial charge in [0.15, 0.2) is 16.6 Å². The molecule has 3 rings (SSSR count). The maximum Gasteiger partial charge on any atom is 0.229 e. The number of hydrogen-bond acceptors (Lipinski definition) is 6. The molecule has 3 N–H and O–H groups in total. The molecule has 2 atom stereocenters. The first kappa shape index (κ1) is 17.7. The second kappa shape index (κ2) is 7.84. The molecule has 7 heteroatoms. The number of rotatable bonds is 5. The third-order valence-electron chi connectivity index (χ3n) is 4.50. The molecule has 25 heavy (non-hydrogen) atoms. The van der Waals surface area contributed by atoms with Gasteiger partial charge in [-0.05, 0) is 37.5 Å². The van der Waals surface area contributed by atoms with E-state index < -0.39 is 0 Å². The summed E-state index contributed by atoms with van der Waals surface area (Å²) in [5, 5.41) is 5.46. The second-order valence-electron chi connectivity index (χ2n) is 6.22. The molecule has 0 radical (unpaired) electrons. The first-order chi connectivity index (χ1) is 12.1. The number of carbonyl (C=O) groups excluding carboxylic acids is 1. The first-order valence-electron chi connectivity index (χ1n) is 8.35. The van der Waals surface area contributed by atoms with Gasteiger partial charge in [-0.1, -0.05) is 6.42 Å². The van der Waals surface area contributed by atoms with Crippen LogP contribution in [0.25, 0.3) is 11.3 Å². The van der Waals surface area contributed by atoms with E-state index in [4.69, 9.17) is 15.2 Å². The van der Waals surface area contributed by atoms with Crippen molar-refractivity contribution < 1.29 is 14.3 Å². The van der Waals surface area contributed by atoms with Gasteiger partial charge < -0.3 is 20.5 Å². The summed E-state index contributed by atoms with van der Waals surface area (Å²) in [6.07, 6.45) is 3.66. The van der Waals surface area contributed by atoms with E-state index in [0.717, 1.165) is 36.9 Å². The summed E-state index contributed by atoms with van der Waals surface area (Å²) >= 11 is 1.41. The van der Waals surface area contributed by atoms with E-state index >= 15 is 0 Å². The summed E-state index contributed by atoms with van der Waals surface area (Å²) in [6, 6.07) is 5.76. The van der Waals surface area contributed by atoms with Gasteiger partial charge in [0.1, 0.15) is 0 Å². The molecular weight excluding hydrogens is 338 g/mol. The molecule has 1 aromatic carbocycles. The van der Waals surface area contributed by atoms with Crippen LogP contribution in [0.3, 0.4) is 0 Å². The molecule has 2 unspecified atom stereocenters. The van der Waals surface area contributed by atoms with Crippen molar-refractivity contribution in [3.63, 3.8) is 0 Å². The third-order valence-corrected chi connectivity index (χ3v) is 5.26. The molecule has 1 heterocycles. The highest BCUT2D eigenvalue weighted by atomic mass is 32.1. The topological polar surface area (TPSA) is 86.5 Å².